The van der Waals surface area contributed by atoms with Crippen LogP contribution in [0.3, 0.4) is 0 Å². The zero-order valence-corrected chi connectivity index (χ0v) is 12.8. The van der Waals surface area contributed by atoms with Crippen LogP contribution in [-0.4, -0.2) is 9.38 Å². The summed E-state index contributed by atoms with van der Waals surface area (Å²) in [6.07, 6.45) is 15.9. The molecule has 2 heteroatoms. The van der Waals surface area contributed by atoms with E-state index in [0.29, 0.717) is 5.92 Å². The Bertz CT molecular complexity index is 562. The van der Waals surface area contributed by atoms with Crippen LogP contribution in [0.4, 0.5) is 0 Å². The molecule has 2 heterocycles. The van der Waals surface area contributed by atoms with Gasteiger partial charge in [-0.2, -0.15) is 0 Å². The van der Waals surface area contributed by atoms with Gasteiger partial charge >= 0.3 is 0 Å². The molecule has 1 aliphatic rings. The fourth-order valence-corrected chi connectivity index (χ4v) is 3.70. The SMILES string of the molecule is CC(C)c1ccn2cncc2c1CCC1CCCCC1. The molecule has 0 saturated heterocycles. The average Bonchev–Trinajstić information content (AvgIpc) is 2.94. The lowest BCUT2D eigenvalue weighted by Gasteiger charge is -2.22. The minimum absolute atomic E-state index is 0.594. The number of hydrogen-bond acceptors (Lipinski definition) is 1. The van der Waals surface area contributed by atoms with E-state index < -0.39 is 0 Å². The molecule has 2 nitrogen and oxygen atoms in total. The lowest BCUT2D eigenvalue weighted by atomic mass is 9.84. The van der Waals surface area contributed by atoms with Gasteiger partial charge in [0.05, 0.1) is 18.0 Å². The van der Waals surface area contributed by atoms with Crippen molar-refractivity contribution in [1.82, 2.24) is 9.38 Å². The quantitative estimate of drug-likeness (QED) is 0.766. The molecule has 0 spiro atoms. The van der Waals surface area contributed by atoms with Gasteiger partial charge in [-0.25, -0.2) is 4.98 Å². The maximum absolute atomic E-state index is 4.32. The summed E-state index contributed by atoms with van der Waals surface area (Å²) < 4.78 is 2.17. The van der Waals surface area contributed by atoms with Crippen LogP contribution in [-0.2, 0) is 6.42 Å². The van der Waals surface area contributed by atoms with E-state index in [2.05, 4.69) is 35.5 Å². The van der Waals surface area contributed by atoms with Crippen LogP contribution in [0, 0.1) is 5.92 Å². The van der Waals surface area contributed by atoms with Gasteiger partial charge in [-0.1, -0.05) is 46.0 Å². The Balaban J connectivity index is 1.84. The highest BCUT2D eigenvalue weighted by Crippen LogP contribution is 2.30. The number of aryl methyl sites for hydroxylation is 1. The molecule has 1 saturated carbocycles. The summed E-state index contributed by atoms with van der Waals surface area (Å²) in [5.74, 6) is 1.54. The summed E-state index contributed by atoms with van der Waals surface area (Å²) >= 11 is 0. The van der Waals surface area contributed by atoms with Gasteiger partial charge in [0.2, 0.25) is 0 Å². The van der Waals surface area contributed by atoms with Crippen molar-refractivity contribution in [3.63, 3.8) is 0 Å². The van der Waals surface area contributed by atoms with Crippen molar-refractivity contribution in [1.29, 1.82) is 0 Å². The van der Waals surface area contributed by atoms with Gasteiger partial charge in [-0.15, -0.1) is 0 Å². The Morgan fingerprint density at radius 1 is 1.25 bits per heavy atom. The highest BCUT2D eigenvalue weighted by Gasteiger charge is 2.16. The summed E-state index contributed by atoms with van der Waals surface area (Å²) in [4.78, 5) is 4.32. The zero-order valence-electron chi connectivity index (χ0n) is 12.8. The van der Waals surface area contributed by atoms with Gasteiger partial charge in [-0.05, 0) is 41.9 Å². The largest absolute Gasteiger partial charge is 0.306 e. The molecule has 1 fully saturated rings. The number of fused-ring (bicyclic) bond motifs is 1. The Morgan fingerprint density at radius 3 is 2.80 bits per heavy atom. The number of hydrogen-bond donors (Lipinski definition) is 0. The molecule has 0 atom stereocenters. The fourth-order valence-electron chi connectivity index (χ4n) is 3.70. The van der Waals surface area contributed by atoms with Gasteiger partial charge in [-0.3, -0.25) is 0 Å². The predicted octanol–water partition coefficient (Wildman–Crippen LogP) is 4.97. The number of nitrogens with zero attached hydrogens (tertiary/aromatic N) is 2. The molecule has 2 aromatic rings. The van der Waals surface area contributed by atoms with E-state index in [4.69, 9.17) is 0 Å². The van der Waals surface area contributed by atoms with E-state index in [1.807, 2.05) is 12.5 Å². The van der Waals surface area contributed by atoms with Gasteiger partial charge in [0, 0.05) is 6.20 Å². The first-order chi connectivity index (χ1) is 9.75. The molecule has 0 bridgehead atoms. The lowest BCUT2D eigenvalue weighted by molar-refractivity contribution is 0.339. The van der Waals surface area contributed by atoms with E-state index in [1.54, 1.807) is 0 Å². The third-order valence-corrected chi connectivity index (χ3v) is 4.89. The summed E-state index contributed by atoms with van der Waals surface area (Å²) in [7, 11) is 0. The van der Waals surface area contributed by atoms with Crippen molar-refractivity contribution in [2.45, 2.75) is 64.7 Å². The minimum Gasteiger partial charge on any atom is -0.306 e. The van der Waals surface area contributed by atoms with Crippen LogP contribution in [0.15, 0.2) is 24.8 Å². The molecule has 1 aliphatic carbocycles. The Hall–Kier alpha value is -1.31. The van der Waals surface area contributed by atoms with Crippen molar-refractivity contribution in [2.75, 3.05) is 0 Å². The molecule has 2 aromatic heterocycles. The first-order valence-electron chi connectivity index (χ1n) is 8.19. The van der Waals surface area contributed by atoms with Gasteiger partial charge in [0.15, 0.2) is 0 Å². The van der Waals surface area contributed by atoms with E-state index in [9.17, 15) is 0 Å². The van der Waals surface area contributed by atoms with E-state index in [1.165, 1.54) is 61.6 Å². The van der Waals surface area contributed by atoms with Gasteiger partial charge in [0.1, 0.15) is 0 Å². The lowest BCUT2D eigenvalue weighted by Crippen LogP contribution is -2.09. The maximum Gasteiger partial charge on any atom is 0.0992 e. The van der Waals surface area contributed by atoms with Crippen molar-refractivity contribution < 1.29 is 0 Å². The Kier molecular flexibility index (Phi) is 4.09. The third kappa shape index (κ3) is 2.74. The van der Waals surface area contributed by atoms with Crippen LogP contribution in [0.1, 0.15) is 69.4 Å². The standard InChI is InChI=1S/C18H26N2/c1-14(2)16-10-11-20-13-19-12-18(20)17(16)9-8-15-6-4-3-5-7-15/h10-15H,3-9H2,1-2H3. The van der Waals surface area contributed by atoms with Crippen LogP contribution in [0.25, 0.3) is 5.52 Å². The summed E-state index contributed by atoms with van der Waals surface area (Å²) in [6, 6.07) is 2.29. The molecule has 108 valence electrons. The predicted molar refractivity (Wildman–Crippen MR) is 84.2 cm³/mol. The molecule has 0 aliphatic heterocycles. The smallest absolute Gasteiger partial charge is 0.0992 e. The number of rotatable bonds is 4. The van der Waals surface area contributed by atoms with Crippen molar-refractivity contribution in [3.8, 4) is 0 Å². The topological polar surface area (TPSA) is 17.3 Å². The van der Waals surface area contributed by atoms with Gasteiger partial charge < -0.3 is 4.40 Å². The second kappa shape index (κ2) is 5.99. The Morgan fingerprint density at radius 2 is 2.05 bits per heavy atom. The van der Waals surface area contributed by atoms with Crippen LogP contribution < -0.4 is 0 Å². The first kappa shape index (κ1) is 13.7. The van der Waals surface area contributed by atoms with Gasteiger partial charge in [0.25, 0.3) is 0 Å². The van der Waals surface area contributed by atoms with Crippen molar-refractivity contribution in [2.24, 2.45) is 5.92 Å². The maximum atomic E-state index is 4.32. The van der Waals surface area contributed by atoms with Crippen molar-refractivity contribution >= 4 is 5.52 Å². The second-order valence-corrected chi connectivity index (χ2v) is 6.63. The molecular formula is C18H26N2. The average molecular weight is 270 g/mol. The monoisotopic (exact) mass is 270 g/mol. The summed E-state index contributed by atoms with van der Waals surface area (Å²) in [5, 5.41) is 0. The van der Waals surface area contributed by atoms with Crippen molar-refractivity contribution in [3.05, 3.63) is 35.9 Å². The van der Waals surface area contributed by atoms with Crippen LogP contribution >= 0.6 is 0 Å². The molecule has 0 N–H and O–H groups in total. The number of aromatic nitrogens is 2. The molecule has 0 unspecified atom stereocenters. The number of pyridine rings is 1. The van der Waals surface area contributed by atoms with E-state index in [-0.39, 0.29) is 0 Å². The molecule has 3 rings (SSSR count). The Labute approximate surface area is 122 Å². The highest BCUT2D eigenvalue weighted by molar-refractivity contribution is 5.57. The molecule has 20 heavy (non-hydrogen) atoms. The fraction of sp³-hybridized carbons (Fsp3) is 0.611. The second-order valence-electron chi connectivity index (χ2n) is 6.63. The first-order valence-corrected chi connectivity index (χ1v) is 8.19. The molecular weight excluding hydrogens is 244 g/mol. The molecule has 0 radical (unpaired) electrons. The highest BCUT2D eigenvalue weighted by atomic mass is 15.0. The van der Waals surface area contributed by atoms with E-state index in [0.717, 1.165) is 5.92 Å². The molecule has 0 aromatic carbocycles. The van der Waals surface area contributed by atoms with Crippen LogP contribution in [0.2, 0.25) is 0 Å². The third-order valence-electron chi connectivity index (χ3n) is 4.89. The van der Waals surface area contributed by atoms with Crippen LogP contribution in [0.5, 0.6) is 0 Å². The number of imidazole rings is 1. The zero-order chi connectivity index (χ0) is 13.9. The summed E-state index contributed by atoms with van der Waals surface area (Å²) in [6.45, 7) is 4.60. The minimum atomic E-state index is 0.594. The summed E-state index contributed by atoms with van der Waals surface area (Å²) in [5.41, 5.74) is 4.35. The van der Waals surface area contributed by atoms with E-state index >= 15 is 0 Å². The molecule has 0 amide bonds. The normalized spacial score (nSPS) is 17.1.